The number of benzene rings is 1. The number of aliphatic hydroxyl groups excluding tert-OH is 1. The Kier molecular flexibility index (Phi) is 5.28. The summed E-state index contributed by atoms with van der Waals surface area (Å²) >= 11 is 5.94. The highest BCUT2D eigenvalue weighted by Gasteiger charge is 2.17. The number of halogens is 1. The number of anilines is 1. The molecule has 2 rings (SSSR count). The number of carbonyl (C=O) groups excluding carboxylic acids is 1. The molecule has 5 heteroatoms. The zero-order valence-corrected chi connectivity index (χ0v) is 11.8. The van der Waals surface area contributed by atoms with Crippen LogP contribution in [0, 0.1) is 11.8 Å². The lowest BCUT2D eigenvalue weighted by molar-refractivity contribution is 0.248. The Labute approximate surface area is 123 Å². The third kappa shape index (κ3) is 4.16. The molecular formula is C15H17ClN2O2. The van der Waals surface area contributed by atoms with Crippen LogP contribution in [0.4, 0.5) is 10.5 Å². The molecule has 2 amide bonds. The van der Waals surface area contributed by atoms with Crippen LogP contribution in [-0.2, 0) is 0 Å². The average Bonchev–Trinajstić information content (AvgIpc) is 2.90. The Bertz CT molecular complexity index is 543. The van der Waals surface area contributed by atoms with Crippen molar-refractivity contribution in [1.29, 1.82) is 0 Å². The van der Waals surface area contributed by atoms with Gasteiger partial charge < -0.3 is 15.7 Å². The number of hydrogen-bond donors (Lipinski definition) is 3. The van der Waals surface area contributed by atoms with E-state index in [1.54, 1.807) is 18.2 Å². The monoisotopic (exact) mass is 292 g/mol. The van der Waals surface area contributed by atoms with E-state index in [2.05, 4.69) is 22.5 Å². The van der Waals surface area contributed by atoms with Gasteiger partial charge in [0, 0.05) is 16.6 Å². The zero-order chi connectivity index (χ0) is 14.4. The Morgan fingerprint density at radius 2 is 2.15 bits per heavy atom. The Hall–Kier alpha value is -1.70. The first-order valence-corrected chi connectivity index (χ1v) is 7.03. The van der Waals surface area contributed by atoms with E-state index in [0.29, 0.717) is 16.3 Å². The first kappa shape index (κ1) is 14.7. The predicted octanol–water partition coefficient (Wildman–Crippen LogP) is 2.75. The van der Waals surface area contributed by atoms with Gasteiger partial charge in [-0.15, -0.1) is 0 Å². The van der Waals surface area contributed by atoms with Crippen molar-refractivity contribution in [3.05, 3.63) is 28.8 Å². The molecule has 1 fully saturated rings. The third-order valence-corrected chi connectivity index (χ3v) is 3.46. The van der Waals surface area contributed by atoms with Crippen LogP contribution in [0.5, 0.6) is 0 Å². The number of urea groups is 1. The molecule has 0 aromatic heterocycles. The second-order valence-electron chi connectivity index (χ2n) is 4.73. The maximum absolute atomic E-state index is 11.9. The van der Waals surface area contributed by atoms with Crippen LogP contribution in [0.25, 0.3) is 0 Å². The van der Waals surface area contributed by atoms with Crippen molar-refractivity contribution in [3.63, 3.8) is 0 Å². The fourth-order valence-corrected chi connectivity index (χ4v) is 2.45. The minimum Gasteiger partial charge on any atom is -0.384 e. The summed E-state index contributed by atoms with van der Waals surface area (Å²) in [5.74, 6) is 5.35. The molecule has 0 saturated heterocycles. The average molecular weight is 293 g/mol. The molecule has 106 valence electrons. The molecular weight excluding hydrogens is 276 g/mol. The van der Waals surface area contributed by atoms with Gasteiger partial charge in [0.2, 0.25) is 0 Å². The lowest BCUT2D eigenvalue weighted by Gasteiger charge is -2.14. The lowest BCUT2D eigenvalue weighted by Crippen LogP contribution is -2.36. The Morgan fingerprint density at radius 3 is 2.85 bits per heavy atom. The normalized spacial score (nSPS) is 14.5. The number of hydrogen-bond acceptors (Lipinski definition) is 2. The van der Waals surface area contributed by atoms with E-state index in [4.69, 9.17) is 16.7 Å². The molecule has 0 spiro atoms. The highest BCUT2D eigenvalue weighted by molar-refractivity contribution is 6.31. The Morgan fingerprint density at radius 1 is 1.40 bits per heavy atom. The van der Waals surface area contributed by atoms with E-state index >= 15 is 0 Å². The molecule has 1 aliphatic rings. The van der Waals surface area contributed by atoms with Crippen molar-refractivity contribution < 1.29 is 9.90 Å². The zero-order valence-electron chi connectivity index (χ0n) is 11.1. The number of amides is 2. The van der Waals surface area contributed by atoms with Crippen molar-refractivity contribution in [3.8, 4) is 11.8 Å². The van der Waals surface area contributed by atoms with Crippen LogP contribution < -0.4 is 10.6 Å². The molecule has 1 aromatic carbocycles. The molecule has 3 N–H and O–H groups in total. The summed E-state index contributed by atoms with van der Waals surface area (Å²) in [5.41, 5.74) is 1.18. The number of nitrogens with one attached hydrogen (secondary N) is 2. The smallest absolute Gasteiger partial charge is 0.319 e. The molecule has 1 aliphatic carbocycles. The highest BCUT2D eigenvalue weighted by atomic mass is 35.5. The van der Waals surface area contributed by atoms with E-state index in [0.717, 1.165) is 25.7 Å². The van der Waals surface area contributed by atoms with Crippen LogP contribution in [-0.4, -0.2) is 23.8 Å². The van der Waals surface area contributed by atoms with E-state index in [1.165, 1.54) is 0 Å². The lowest BCUT2D eigenvalue weighted by atomic mass is 10.2. The standard InChI is InChI=1S/C15H17ClN2O2/c16-12-8-7-11(4-3-9-19)14(10-12)18-15(20)17-13-5-1-2-6-13/h7-8,10,13,19H,1-2,5-6,9H2,(H2,17,18,20). The van der Waals surface area contributed by atoms with Crippen molar-refractivity contribution in [2.75, 3.05) is 11.9 Å². The summed E-state index contributed by atoms with van der Waals surface area (Å²) < 4.78 is 0. The largest absolute Gasteiger partial charge is 0.384 e. The van der Waals surface area contributed by atoms with Gasteiger partial charge in [-0.1, -0.05) is 36.3 Å². The van der Waals surface area contributed by atoms with E-state index < -0.39 is 0 Å². The second-order valence-corrected chi connectivity index (χ2v) is 5.17. The molecule has 20 heavy (non-hydrogen) atoms. The summed E-state index contributed by atoms with van der Waals surface area (Å²) in [5, 5.41) is 15.0. The van der Waals surface area contributed by atoms with Gasteiger partial charge in [-0.2, -0.15) is 0 Å². The Balaban J connectivity index is 2.06. The molecule has 0 radical (unpaired) electrons. The van der Waals surface area contributed by atoms with Gasteiger partial charge in [0.1, 0.15) is 6.61 Å². The van der Waals surface area contributed by atoms with Gasteiger partial charge >= 0.3 is 6.03 Å². The summed E-state index contributed by atoms with van der Waals surface area (Å²) in [4.78, 5) is 11.9. The van der Waals surface area contributed by atoms with Gasteiger partial charge in [0.25, 0.3) is 0 Å². The van der Waals surface area contributed by atoms with Crippen LogP contribution >= 0.6 is 11.6 Å². The third-order valence-electron chi connectivity index (χ3n) is 3.22. The molecule has 4 nitrogen and oxygen atoms in total. The molecule has 0 bridgehead atoms. The van der Waals surface area contributed by atoms with Crippen LogP contribution in [0.15, 0.2) is 18.2 Å². The van der Waals surface area contributed by atoms with Gasteiger partial charge in [-0.3, -0.25) is 0 Å². The second kappa shape index (κ2) is 7.18. The summed E-state index contributed by atoms with van der Waals surface area (Å²) in [6.07, 6.45) is 4.38. The topological polar surface area (TPSA) is 61.4 Å². The van der Waals surface area contributed by atoms with Crippen molar-refractivity contribution in [2.45, 2.75) is 31.7 Å². The minimum absolute atomic E-state index is 0.226. The maximum atomic E-state index is 11.9. The van der Waals surface area contributed by atoms with Crippen LogP contribution in [0.2, 0.25) is 5.02 Å². The van der Waals surface area contributed by atoms with Crippen LogP contribution in [0.3, 0.4) is 0 Å². The number of aliphatic hydroxyl groups is 1. The molecule has 0 aliphatic heterocycles. The van der Waals surface area contributed by atoms with Crippen molar-refractivity contribution >= 4 is 23.3 Å². The van der Waals surface area contributed by atoms with Gasteiger partial charge in [-0.25, -0.2) is 4.79 Å². The van der Waals surface area contributed by atoms with Gasteiger partial charge in [0.05, 0.1) is 5.69 Å². The number of carbonyl (C=O) groups is 1. The summed E-state index contributed by atoms with van der Waals surface area (Å²) in [6.45, 7) is -0.226. The SMILES string of the molecule is O=C(Nc1cc(Cl)ccc1C#CCO)NC1CCCC1. The van der Waals surface area contributed by atoms with Crippen molar-refractivity contribution in [2.24, 2.45) is 0 Å². The first-order valence-electron chi connectivity index (χ1n) is 6.66. The van der Waals surface area contributed by atoms with Gasteiger partial charge in [0.15, 0.2) is 0 Å². The molecule has 1 saturated carbocycles. The fourth-order valence-electron chi connectivity index (χ4n) is 2.28. The first-order chi connectivity index (χ1) is 9.69. The minimum atomic E-state index is -0.244. The highest BCUT2D eigenvalue weighted by Crippen LogP contribution is 2.21. The van der Waals surface area contributed by atoms with Crippen molar-refractivity contribution in [1.82, 2.24) is 5.32 Å². The fraction of sp³-hybridized carbons (Fsp3) is 0.400. The van der Waals surface area contributed by atoms with E-state index in [1.807, 2.05) is 0 Å². The van der Waals surface area contributed by atoms with E-state index in [-0.39, 0.29) is 18.7 Å². The quantitative estimate of drug-likeness (QED) is 0.734. The van der Waals surface area contributed by atoms with E-state index in [9.17, 15) is 4.79 Å². The summed E-state index contributed by atoms with van der Waals surface area (Å²) in [6, 6.07) is 5.07. The maximum Gasteiger partial charge on any atom is 0.319 e. The predicted molar refractivity (Wildman–Crippen MR) is 79.8 cm³/mol. The molecule has 1 aromatic rings. The van der Waals surface area contributed by atoms with Gasteiger partial charge in [-0.05, 0) is 31.0 Å². The molecule has 0 heterocycles. The number of rotatable bonds is 2. The molecule has 0 atom stereocenters. The molecule has 0 unspecified atom stereocenters. The van der Waals surface area contributed by atoms with Crippen LogP contribution in [0.1, 0.15) is 31.2 Å². The summed E-state index contributed by atoms with van der Waals surface area (Å²) in [7, 11) is 0.